The Morgan fingerprint density at radius 2 is 2.00 bits per heavy atom. The van der Waals surface area contributed by atoms with E-state index >= 15 is 0 Å². The van der Waals surface area contributed by atoms with Gasteiger partial charge in [-0.25, -0.2) is 4.79 Å². The Bertz CT molecular complexity index is 287. The molecular formula is C13H26N2O3S. The first-order valence-corrected chi connectivity index (χ1v) is 8.09. The zero-order valence-electron chi connectivity index (χ0n) is 12.3. The fourth-order valence-corrected chi connectivity index (χ4v) is 2.77. The molecule has 0 aromatic carbocycles. The van der Waals surface area contributed by atoms with E-state index in [1.165, 1.54) is 0 Å². The van der Waals surface area contributed by atoms with E-state index in [9.17, 15) is 9.59 Å². The van der Waals surface area contributed by atoms with E-state index in [-0.39, 0.29) is 24.5 Å². The quantitative estimate of drug-likeness (QED) is 0.684. The molecule has 6 heteroatoms. The Labute approximate surface area is 120 Å². The van der Waals surface area contributed by atoms with Crippen molar-refractivity contribution in [1.29, 1.82) is 0 Å². The van der Waals surface area contributed by atoms with E-state index in [4.69, 9.17) is 5.11 Å². The second kappa shape index (κ2) is 9.95. The summed E-state index contributed by atoms with van der Waals surface area (Å²) in [5.41, 5.74) is 0. The van der Waals surface area contributed by atoms with Crippen molar-refractivity contribution in [2.24, 2.45) is 0 Å². The van der Waals surface area contributed by atoms with Crippen molar-refractivity contribution >= 4 is 23.8 Å². The van der Waals surface area contributed by atoms with E-state index in [0.717, 1.165) is 18.6 Å². The Kier molecular flexibility index (Phi) is 9.47. The molecule has 2 atom stereocenters. The Morgan fingerprint density at radius 1 is 1.37 bits per heavy atom. The monoisotopic (exact) mass is 290 g/mol. The van der Waals surface area contributed by atoms with Gasteiger partial charge in [0.05, 0.1) is 6.42 Å². The van der Waals surface area contributed by atoms with Gasteiger partial charge in [0.25, 0.3) is 0 Å². The van der Waals surface area contributed by atoms with E-state index in [2.05, 4.69) is 5.32 Å². The fourth-order valence-electron chi connectivity index (χ4n) is 1.92. The standard InChI is InChI=1S/C13H26N2O3S/c1-5-7-10(8-12(16)17)14-13(18)15(3)11(6-2)9-19-4/h10-11H,5-9H2,1-4H3,(H,14,18)(H,16,17). The lowest BCUT2D eigenvalue weighted by atomic mass is 10.1. The van der Waals surface area contributed by atoms with Crippen molar-refractivity contribution in [1.82, 2.24) is 10.2 Å². The molecule has 0 aliphatic heterocycles. The van der Waals surface area contributed by atoms with E-state index in [0.29, 0.717) is 6.42 Å². The second-order valence-corrected chi connectivity index (χ2v) is 5.57. The van der Waals surface area contributed by atoms with Gasteiger partial charge >= 0.3 is 12.0 Å². The van der Waals surface area contributed by atoms with Crippen LogP contribution in [-0.2, 0) is 4.79 Å². The number of nitrogens with one attached hydrogen (secondary N) is 1. The van der Waals surface area contributed by atoms with Gasteiger partial charge in [0.2, 0.25) is 0 Å². The number of hydrogen-bond donors (Lipinski definition) is 2. The molecule has 2 unspecified atom stereocenters. The predicted molar refractivity (Wildman–Crippen MR) is 79.7 cm³/mol. The van der Waals surface area contributed by atoms with E-state index in [1.54, 1.807) is 23.7 Å². The molecule has 0 radical (unpaired) electrons. The zero-order chi connectivity index (χ0) is 14.8. The zero-order valence-corrected chi connectivity index (χ0v) is 13.1. The average Bonchev–Trinajstić information content (AvgIpc) is 2.34. The normalized spacial score (nSPS) is 13.7. The number of aliphatic carboxylic acids is 1. The predicted octanol–water partition coefficient (Wildman–Crippen LogP) is 2.41. The second-order valence-electron chi connectivity index (χ2n) is 4.66. The molecule has 0 fully saturated rings. The Hall–Kier alpha value is -0.910. The molecule has 19 heavy (non-hydrogen) atoms. The van der Waals surface area contributed by atoms with Crippen LogP contribution in [0.25, 0.3) is 0 Å². The lowest BCUT2D eigenvalue weighted by Gasteiger charge is -2.29. The number of hydrogen-bond acceptors (Lipinski definition) is 3. The van der Waals surface area contributed by atoms with Crippen LogP contribution >= 0.6 is 11.8 Å². The third kappa shape index (κ3) is 7.30. The van der Waals surface area contributed by atoms with Gasteiger partial charge < -0.3 is 15.3 Å². The molecule has 0 rings (SSSR count). The highest BCUT2D eigenvalue weighted by molar-refractivity contribution is 7.98. The molecule has 0 spiro atoms. The minimum absolute atomic E-state index is 0.0211. The van der Waals surface area contributed by atoms with Crippen LogP contribution in [0.4, 0.5) is 4.79 Å². The van der Waals surface area contributed by atoms with Crippen LogP contribution in [0.1, 0.15) is 39.5 Å². The van der Waals surface area contributed by atoms with Gasteiger partial charge in [0.1, 0.15) is 0 Å². The summed E-state index contributed by atoms with van der Waals surface area (Å²) in [5.74, 6) is 0.00944. The molecule has 0 heterocycles. The van der Waals surface area contributed by atoms with Gasteiger partial charge in [0, 0.05) is 24.9 Å². The van der Waals surface area contributed by atoms with Gasteiger partial charge in [0.15, 0.2) is 0 Å². The summed E-state index contributed by atoms with van der Waals surface area (Å²) in [6, 6.07) is -0.285. The first-order valence-electron chi connectivity index (χ1n) is 6.70. The smallest absolute Gasteiger partial charge is 0.317 e. The first kappa shape index (κ1) is 18.1. The molecule has 0 bridgehead atoms. The maximum absolute atomic E-state index is 12.1. The highest BCUT2D eigenvalue weighted by atomic mass is 32.2. The summed E-state index contributed by atoms with van der Waals surface area (Å²) in [6.45, 7) is 4.03. The van der Waals surface area contributed by atoms with Crippen LogP contribution < -0.4 is 5.32 Å². The third-order valence-corrected chi connectivity index (χ3v) is 3.80. The first-order chi connectivity index (χ1) is 8.96. The number of nitrogens with zero attached hydrogens (tertiary/aromatic N) is 1. The molecule has 0 aromatic heterocycles. The molecule has 112 valence electrons. The third-order valence-electron chi connectivity index (χ3n) is 3.08. The summed E-state index contributed by atoms with van der Waals surface area (Å²) >= 11 is 1.70. The highest BCUT2D eigenvalue weighted by Gasteiger charge is 2.21. The number of urea groups is 1. The number of amides is 2. The number of carbonyl (C=O) groups excluding carboxylic acids is 1. The van der Waals surface area contributed by atoms with Gasteiger partial charge in [-0.05, 0) is 19.1 Å². The summed E-state index contributed by atoms with van der Waals surface area (Å²) in [6.07, 6.45) is 4.42. The minimum Gasteiger partial charge on any atom is -0.481 e. The van der Waals surface area contributed by atoms with Crippen molar-refractivity contribution in [3.8, 4) is 0 Å². The number of thioether (sulfide) groups is 1. The van der Waals surface area contributed by atoms with Crippen molar-refractivity contribution in [2.45, 2.75) is 51.6 Å². The van der Waals surface area contributed by atoms with Gasteiger partial charge in [-0.3, -0.25) is 4.79 Å². The van der Waals surface area contributed by atoms with E-state index < -0.39 is 5.97 Å². The number of carboxylic acid groups (broad SMARTS) is 1. The SMILES string of the molecule is CCCC(CC(=O)O)NC(=O)N(C)C(CC)CSC. The van der Waals surface area contributed by atoms with Crippen molar-refractivity contribution in [3.05, 3.63) is 0 Å². The molecule has 5 nitrogen and oxygen atoms in total. The van der Waals surface area contributed by atoms with Crippen LogP contribution in [0.5, 0.6) is 0 Å². The van der Waals surface area contributed by atoms with Crippen molar-refractivity contribution < 1.29 is 14.7 Å². The van der Waals surface area contributed by atoms with Crippen LogP contribution in [0.15, 0.2) is 0 Å². The van der Waals surface area contributed by atoms with Crippen LogP contribution in [-0.4, -0.2) is 53.1 Å². The van der Waals surface area contributed by atoms with Crippen LogP contribution in [0, 0.1) is 0 Å². The lowest BCUT2D eigenvalue weighted by molar-refractivity contribution is -0.137. The lowest BCUT2D eigenvalue weighted by Crippen LogP contribution is -2.48. The Balaban J connectivity index is 4.47. The topological polar surface area (TPSA) is 69.6 Å². The summed E-state index contributed by atoms with van der Waals surface area (Å²) in [5, 5.41) is 11.7. The van der Waals surface area contributed by atoms with Crippen LogP contribution in [0.3, 0.4) is 0 Å². The average molecular weight is 290 g/mol. The highest BCUT2D eigenvalue weighted by Crippen LogP contribution is 2.10. The maximum atomic E-state index is 12.1. The largest absolute Gasteiger partial charge is 0.481 e. The summed E-state index contributed by atoms with van der Waals surface area (Å²) in [4.78, 5) is 24.5. The molecule has 0 saturated heterocycles. The van der Waals surface area contributed by atoms with Crippen molar-refractivity contribution in [3.63, 3.8) is 0 Å². The van der Waals surface area contributed by atoms with Crippen molar-refractivity contribution in [2.75, 3.05) is 19.1 Å². The van der Waals surface area contributed by atoms with E-state index in [1.807, 2.05) is 20.1 Å². The van der Waals surface area contributed by atoms with Gasteiger partial charge in [-0.1, -0.05) is 20.3 Å². The maximum Gasteiger partial charge on any atom is 0.317 e. The number of carbonyl (C=O) groups is 2. The molecule has 0 saturated carbocycles. The van der Waals surface area contributed by atoms with Gasteiger partial charge in [-0.15, -0.1) is 0 Å². The number of rotatable bonds is 9. The molecule has 0 aliphatic rings. The molecular weight excluding hydrogens is 264 g/mol. The molecule has 2 N–H and O–H groups in total. The molecule has 0 aromatic rings. The fraction of sp³-hybridized carbons (Fsp3) is 0.846. The Morgan fingerprint density at radius 3 is 2.42 bits per heavy atom. The van der Waals surface area contributed by atoms with Gasteiger partial charge in [-0.2, -0.15) is 11.8 Å². The minimum atomic E-state index is -0.877. The van der Waals surface area contributed by atoms with Crippen LogP contribution in [0.2, 0.25) is 0 Å². The molecule has 0 aliphatic carbocycles. The summed E-state index contributed by atoms with van der Waals surface area (Å²) in [7, 11) is 1.77. The summed E-state index contributed by atoms with van der Waals surface area (Å²) < 4.78 is 0. The number of carboxylic acids is 1. The molecule has 2 amide bonds.